The summed E-state index contributed by atoms with van der Waals surface area (Å²) in [5, 5.41) is 21.4. The molecule has 0 aromatic heterocycles. The fraction of sp³-hybridized carbons (Fsp3) is 0.143. The predicted molar refractivity (Wildman–Crippen MR) is 96.1 cm³/mol. The lowest BCUT2D eigenvalue weighted by atomic mass is 10.2. The molecule has 0 saturated carbocycles. The first-order chi connectivity index (χ1) is 11.5. The number of hydrogen-bond donors (Lipinski definition) is 0. The van der Waals surface area contributed by atoms with Gasteiger partial charge >= 0.3 is 0 Å². The third-order valence-electron chi connectivity index (χ3n) is 3.42. The molecule has 1 fully saturated rings. The van der Waals surface area contributed by atoms with Crippen molar-refractivity contribution in [1.29, 1.82) is 0 Å². The summed E-state index contributed by atoms with van der Waals surface area (Å²) in [6.07, 6.45) is 0. The van der Waals surface area contributed by atoms with E-state index in [4.69, 9.17) is 0 Å². The monoisotopic (exact) mass is 364 g/mol. The van der Waals surface area contributed by atoms with E-state index in [0.29, 0.717) is 0 Å². The number of non-ortho nitro benzene ring substituents is 2. The molecule has 0 spiro atoms. The van der Waals surface area contributed by atoms with Gasteiger partial charge in [0.05, 0.1) is 9.85 Å². The zero-order valence-electron chi connectivity index (χ0n) is 12.3. The number of rotatable bonds is 4. The van der Waals surface area contributed by atoms with Crippen molar-refractivity contribution in [3.8, 4) is 0 Å². The average Bonchev–Trinajstić information content (AvgIpc) is 2.62. The van der Waals surface area contributed by atoms with Crippen LogP contribution in [0.1, 0.15) is 0 Å². The Hall–Kier alpha value is -2.46. The third-order valence-corrected chi connectivity index (χ3v) is 5.91. The Morgan fingerprint density at radius 3 is 1.29 bits per heavy atom. The highest BCUT2D eigenvalue weighted by Gasteiger charge is 2.21. The van der Waals surface area contributed by atoms with Crippen LogP contribution in [-0.4, -0.2) is 22.9 Å². The van der Waals surface area contributed by atoms with E-state index in [2.05, 4.69) is 8.61 Å². The van der Waals surface area contributed by atoms with Crippen molar-refractivity contribution in [3.63, 3.8) is 0 Å². The van der Waals surface area contributed by atoms with Gasteiger partial charge in [-0.05, 0) is 24.3 Å². The summed E-state index contributed by atoms with van der Waals surface area (Å²) in [7, 11) is 3.03. The van der Waals surface area contributed by atoms with E-state index >= 15 is 0 Å². The number of nitro benzene ring substituents is 2. The Bertz CT molecular complexity index is 681. The minimum atomic E-state index is -0.418. The molecule has 1 aliphatic rings. The van der Waals surface area contributed by atoms with Crippen LogP contribution >= 0.6 is 22.0 Å². The van der Waals surface area contributed by atoms with Crippen molar-refractivity contribution in [2.75, 3.05) is 21.7 Å². The standard InChI is InChI=1S/C14H12N4O4S2/c19-17(20)13-5-1-11(2-6-13)15-9-10-16(24-23-15)12-3-7-14(8-4-12)18(21)22/h1-8H,9-10H2. The molecular weight excluding hydrogens is 352 g/mol. The molecule has 0 amide bonds. The first kappa shape index (κ1) is 16.4. The summed E-state index contributed by atoms with van der Waals surface area (Å²) in [5.74, 6) is 0. The molecule has 0 aliphatic carbocycles. The van der Waals surface area contributed by atoms with Gasteiger partial charge in [0.25, 0.3) is 11.4 Å². The Morgan fingerprint density at radius 1 is 0.708 bits per heavy atom. The fourth-order valence-electron chi connectivity index (χ4n) is 2.16. The molecular formula is C14H12N4O4S2. The van der Waals surface area contributed by atoms with Gasteiger partial charge < -0.3 is 8.61 Å². The van der Waals surface area contributed by atoms with Crippen LogP contribution in [0.15, 0.2) is 48.5 Å². The van der Waals surface area contributed by atoms with Crippen molar-refractivity contribution in [3.05, 3.63) is 68.8 Å². The fourth-order valence-corrected chi connectivity index (χ4v) is 4.50. The molecule has 1 saturated heterocycles. The minimum Gasteiger partial charge on any atom is -0.304 e. The third kappa shape index (κ3) is 3.54. The maximum Gasteiger partial charge on any atom is 0.269 e. The van der Waals surface area contributed by atoms with E-state index < -0.39 is 9.85 Å². The second-order valence-electron chi connectivity index (χ2n) is 4.90. The van der Waals surface area contributed by atoms with E-state index in [1.165, 1.54) is 46.2 Å². The lowest BCUT2D eigenvalue weighted by Gasteiger charge is -2.34. The molecule has 24 heavy (non-hydrogen) atoms. The van der Waals surface area contributed by atoms with Crippen LogP contribution in [0.5, 0.6) is 0 Å². The van der Waals surface area contributed by atoms with Gasteiger partial charge in [-0.1, -0.05) is 0 Å². The van der Waals surface area contributed by atoms with Gasteiger partial charge in [-0.25, -0.2) is 0 Å². The Kier molecular flexibility index (Phi) is 4.76. The maximum atomic E-state index is 10.7. The molecule has 1 heterocycles. The number of hydrogen-bond acceptors (Lipinski definition) is 8. The van der Waals surface area contributed by atoms with E-state index in [1.807, 2.05) is 0 Å². The first-order valence-electron chi connectivity index (χ1n) is 6.93. The van der Waals surface area contributed by atoms with Crippen LogP contribution in [-0.2, 0) is 0 Å². The summed E-state index contributed by atoms with van der Waals surface area (Å²) in [6, 6.07) is 12.9. The van der Waals surface area contributed by atoms with Gasteiger partial charge in [-0.2, -0.15) is 0 Å². The number of nitrogens with zero attached hydrogens (tertiary/aromatic N) is 4. The zero-order chi connectivity index (χ0) is 17.1. The summed E-state index contributed by atoms with van der Waals surface area (Å²) >= 11 is 0. The average molecular weight is 364 g/mol. The van der Waals surface area contributed by atoms with Crippen LogP contribution in [0.4, 0.5) is 22.7 Å². The van der Waals surface area contributed by atoms with Crippen LogP contribution in [0.2, 0.25) is 0 Å². The van der Waals surface area contributed by atoms with Crippen LogP contribution in [0.25, 0.3) is 0 Å². The minimum absolute atomic E-state index is 0.0703. The normalized spacial score (nSPS) is 14.5. The molecule has 10 heteroatoms. The van der Waals surface area contributed by atoms with Crippen molar-refractivity contribution >= 4 is 44.7 Å². The van der Waals surface area contributed by atoms with E-state index in [9.17, 15) is 20.2 Å². The second kappa shape index (κ2) is 6.97. The molecule has 0 unspecified atom stereocenters. The molecule has 3 rings (SSSR count). The Balaban J connectivity index is 1.62. The molecule has 0 N–H and O–H groups in total. The number of anilines is 2. The molecule has 8 nitrogen and oxygen atoms in total. The highest BCUT2D eigenvalue weighted by molar-refractivity contribution is 8.77. The SMILES string of the molecule is O=[N+]([O-])c1ccc(N2CCN(c3ccc([N+](=O)[O-])cc3)SS2)cc1. The molecule has 124 valence electrons. The lowest BCUT2D eigenvalue weighted by molar-refractivity contribution is -0.385. The molecule has 2 aromatic carbocycles. The van der Waals surface area contributed by atoms with Gasteiger partial charge in [0, 0.05) is 70.7 Å². The Morgan fingerprint density at radius 2 is 1.04 bits per heavy atom. The van der Waals surface area contributed by atoms with Gasteiger partial charge in [0.15, 0.2) is 0 Å². The maximum absolute atomic E-state index is 10.7. The van der Waals surface area contributed by atoms with E-state index in [-0.39, 0.29) is 11.4 Å². The molecule has 0 radical (unpaired) electrons. The highest BCUT2D eigenvalue weighted by atomic mass is 33.1. The Labute approximate surface area is 145 Å². The quantitative estimate of drug-likeness (QED) is 0.347. The van der Waals surface area contributed by atoms with Gasteiger partial charge in [-0.3, -0.25) is 20.2 Å². The summed E-state index contributed by atoms with van der Waals surface area (Å²) in [4.78, 5) is 20.5. The topological polar surface area (TPSA) is 92.8 Å². The zero-order valence-corrected chi connectivity index (χ0v) is 13.9. The summed E-state index contributed by atoms with van der Waals surface area (Å²) in [6.45, 7) is 1.46. The molecule has 0 atom stereocenters. The molecule has 0 bridgehead atoms. The summed E-state index contributed by atoms with van der Waals surface area (Å²) < 4.78 is 4.10. The van der Waals surface area contributed by atoms with Crippen molar-refractivity contribution in [1.82, 2.24) is 0 Å². The van der Waals surface area contributed by atoms with Crippen molar-refractivity contribution < 1.29 is 9.85 Å². The molecule has 2 aromatic rings. The van der Waals surface area contributed by atoms with Crippen LogP contribution < -0.4 is 8.61 Å². The predicted octanol–water partition coefficient (Wildman–Crippen LogP) is 4.04. The van der Waals surface area contributed by atoms with Crippen LogP contribution in [0.3, 0.4) is 0 Å². The van der Waals surface area contributed by atoms with Gasteiger partial charge in [-0.15, -0.1) is 0 Å². The largest absolute Gasteiger partial charge is 0.304 e. The van der Waals surface area contributed by atoms with Crippen molar-refractivity contribution in [2.24, 2.45) is 0 Å². The van der Waals surface area contributed by atoms with Crippen LogP contribution in [0, 0.1) is 20.2 Å². The molecule has 1 aliphatic heterocycles. The smallest absolute Gasteiger partial charge is 0.269 e. The van der Waals surface area contributed by atoms with E-state index in [0.717, 1.165) is 24.5 Å². The number of benzene rings is 2. The van der Waals surface area contributed by atoms with Gasteiger partial charge in [0.2, 0.25) is 0 Å². The lowest BCUT2D eigenvalue weighted by Crippen LogP contribution is -2.32. The summed E-state index contributed by atoms with van der Waals surface area (Å²) in [5.41, 5.74) is 1.95. The van der Waals surface area contributed by atoms with E-state index in [1.54, 1.807) is 24.3 Å². The second-order valence-corrected chi connectivity index (χ2v) is 6.97. The van der Waals surface area contributed by atoms with Crippen molar-refractivity contribution in [2.45, 2.75) is 0 Å². The number of nitro groups is 2. The first-order valence-corrected chi connectivity index (χ1v) is 9.00. The highest BCUT2D eigenvalue weighted by Crippen LogP contribution is 2.40. The van der Waals surface area contributed by atoms with Gasteiger partial charge in [0.1, 0.15) is 0 Å².